The summed E-state index contributed by atoms with van der Waals surface area (Å²) in [6.07, 6.45) is 1.20. The van der Waals surface area contributed by atoms with Crippen LogP contribution in [0.4, 0.5) is 10.1 Å². The number of hydrogen-bond donors (Lipinski definition) is 1. The van der Waals surface area contributed by atoms with Gasteiger partial charge >= 0.3 is 5.97 Å². The lowest BCUT2D eigenvalue weighted by Gasteiger charge is -2.17. The van der Waals surface area contributed by atoms with Crippen LogP contribution in [0.5, 0.6) is 5.75 Å². The maximum absolute atomic E-state index is 14.0. The number of rotatable bonds is 8. The Morgan fingerprint density at radius 1 is 0.909 bits per heavy atom. The lowest BCUT2D eigenvalue weighted by molar-refractivity contribution is -0.140. The van der Waals surface area contributed by atoms with E-state index >= 15 is 0 Å². The second-order valence-corrected chi connectivity index (χ2v) is 7.89. The Bertz CT molecular complexity index is 1290. The molecule has 4 aromatic rings. The van der Waals surface area contributed by atoms with E-state index in [-0.39, 0.29) is 24.8 Å². The van der Waals surface area contributed by atoms with Crippen LogP contribution in [-0.2, 0) is 22.4 Å². The quantitative estimate of drug-likeness (QED) is 0.270. The molecule has 0 heterocycles. The van der Waals surface area contributed by atoms with Gasteiger partial charge in [-0.3, -0.25) is 4.79 Å². The molecule has 0 radical (unpaired) electrons. The Hall–Kier alpha value is -3.86. The smallest absolute Gasteiger partial charge is 0.305 e. The summed E-state index contributed by atoms with van der Waals surface area (Å²) in [7, 11) is 1.38. The first-order valence-corrected chi connectivity index (χ1v) is 10.9. The van der Waals surface area contributed by atoms with Gasteiger partial charge in [-0.1, -0.05) is 54.6 Å². The summed E-state index contributed by atoms with van der Waals surface area (Å²) < 4.78 is 24.9. The van der Waals surface area contributed by atoms with Crippen LogP contribution < -0.4 is 10.5 Å². The van der Waals surface area contributed by atoms with Gasteiger partial charge < -0.3 is 15.2 Å². The van der Waals surface area contributed by atoms with Crippen LogP contribution in [-0.4, -0.2) is 19.7 Å². The van der Waals surface area contributed by atoms with Gasteiger partial charge in [-0.05, 0) is 58.1 Å². The van der Waals surface area contributed by atoms with Gasteiger partial charge in [0, 0.05) is 18.4 Å². The lowest BCUT2D eigenvalue weighted by Crippen LogP contribution is -2.07. The minimum absolute atomic E-state index is 0.248. The number of fused-ring (bicyclic) bond motifs is 1. The van der Waals surface area contributed by atoms with E-state index in [9.17, 15) is 9.18 Å². The molecule has 0 saturated carbocycles. The Kier molecular flexibility index (Phi) is 6.89. The molecule has 0 amide bonds. The number of nitrogen functional groups attached to an aromatic ring is 1. The van der Waals surface area contributed by atoms with Crippen LogP contribution in [0.3, 0.4) is 0 Å². The first kappa shape index (κ1) is 22.3. The number of hydrogen-bond acceptors (Lipinski definition) is 4. The van der Waals surface area contributed by atoms with Crippen LogP contribution in [0.1, 0.15) is 17.5 Å². The summed E-state index contributed by atoms with van der Waals surface area (Å²) in [5, 5.41) is 2.24. The average Bonchev–Trinajstić information content (AvgIpc) is 2.84. The van der Waals surface area contributed by atoms with Crippen molar-refractivity contribution in [2.45, 2.75) is 19.3 Å². The molecule has 33 heavy (non-hydrogen) atoms. The van der Waals surface area contributed by atoms with E-state index < -0.39 is 0 Å². The molecule has 2 N–H and O–H groups in total. The summed E-state index contributed by atoms with van der Waals surface area (Å²) in [6, 6.07) is 24.8. The maximum atomic E-state index is 14.0. The molecular weight excluding hydrogens is 417 g/mol. The zero-order chi connectivity index (χ0) is 23.2. The van der Waals surface area contributed by atoms with Gasteiger partial charge in [0.15, 0.2) is 0 Å². The molecule has 4 aromatic carbocycles. The number of halogens is 1. The highest BCUT2D eigenvalue weighted by molar-refractivity contribution is 5.89. The van der Waals surface area contributed by atoms with E-state index in [0.29, 0.717) is 29.8 Å². The molecule has 0 fully saturated rings. The molecule has 0 unspecified atom stereocenters. The average molecular weight is 444 g/mol. The molecule has 0 aliphatic heterocycles. The van der Waals surface area contributed by atoms with Crippen molar-refractivity contribution >= 4 is 22.4 Å². The summed E-state index contributed by atoms with van der Waals surface area (Å²) in [5.41, 5.74) is 10.2. The number of aryl methyl sites for hydroxylation is 1. The highest BCUT2D eigenvalue weighted by atomic mass is 19.1. The van der Waals surface area contributed by atoms with Crippen molar-refractivity contribution in [3.63, 3.8) is 0 Å². The second kappa shape index (κ2) is 10.2. The number of carbonyl (C=O) groups is 1. The standard InChI is InChI=1S/C28H26FNO3/c1-32-27(31)13-10-19-16-24(23-12-11-20-6-2-3-8-22(20)18-23)28(26(30)17-19)33-15-14-21-7-4-5-9-25(21)29/h2-9,11-12,16-18H,10,13-15,30H2,1H3. The first-order chi connectivity index (χ1) is 16.0. The molecule has 0 saturated heterocycles. The summed E-state index contributed by atoms with van der Waals surface area (Å²) in [5.74, 6) is 0.0384. The highest BCUT2D eigenvalue weighted by Gasteiger charge is 2.15. The topological polar surface area (TPSA) is 61.5 Å². The van der Waals surface area contributed by atoms with Crippen molar-refractivity contribution in [1.29, 1.82) is 0 Å². The van der Waals surface area contributed by atoms with Crippen LogP contribution in [0.25, 0.3) is 21.9 Å². The third kappa shape index (κ3) is 5.32. The van der Waals surface area contributed by atoms with Gasteiger partial charge in [-0.2, -0.15) is 0 Å². The predicted molar refractivity (Wildman–Crippen MR) is 130 cm³/mol. The van der Waals surface area contributed by atoms with Crippen LogP contribution in [0, 0.1) is 5.82 Å². The van der Waals surface area contributed by atoms with E-state index in [2.05, 4.69) is 24.3 Å². The predicted octanol–water partition coefficient (Wildman–Crippen LogP) is 5.96. The normalized spacial score (nSPS) is 10.8. The van der Waals surface area contributed by atoms with E-state index in [1.807, 2.05) is 36.4 Å². The molecule has 5 heteroatoms. The number of nitrogens with two attached hydrogens (primary N) is 1. The maximum Gasteiger partial charge on any atom is 0.305 e. The minimum Gasteiger partial charge on any atom is -0.490 e. The van der Waals surface area contributed by atoms with Crippen molar-refractivity contribution in [2.24, 2.45) is 0 Å². The first-order valence-electron chi connectivity index (χ1n) is 10.9. The number of esters is 1. The molecular formula is C28H26FNO3. The molecule has 4 nitrogen and oxygen atoms in total. The zero-order valence-corrected chi connectivity index (χ0v) is 18.5. The molecule has 0 spiro atoms. The largest absolute Gasteiger partial charge is 0.490 e. The van der Waals surface area contributed by atoms with Gasteiger partial charge in [-0.15, -0.1) is 0 Å². The minimum atomic E-state index is -0.272. The number of benzene rings is 4. The fraction of sp³-hybridized carbons (Fsp3) is 0.179. The third-order valence-electron chi connectivity index (χ3n) is 5.66. The van der Waals surface area contributed by atoms with Gasteiger partial charge in [0.1, 0.15) is 11.6 Å². The monoisotopic (exact) mass is 443 g/mol. The van der Waals surface area contributed by atoms with Crippen LogP contribution in [0.2, 0.25) is 0 Å². The van der Waals surface area contributed by atoms with Crippen molar-refractivity contribution in [3.05, 3.63) is 95.8 Å². The highest BCUT2D eigenvalue weighted by Crippen LogP contribution is 2.38. The van der Waals surface area contributed by atoms with Gasteiger partial charge in [0.2, 0.25) is 0 Å². The van der Waals surface area contributed by atoms with Gasteiger partial charge in [0.05, 0.1) is 19.4 Å². The number of carbonyl (C=O) groups excluding carboxylic acids is 1. The second-order valence-electron chi connectivity index (χ2n) is 7.89. The number of ether oxygens (including phenoxy) is 2. The molecule has 4 rings (SSSR count). The van der Waals surface area contributed by atoms with Gasteiger partial charge in [-0.25, -0.2) is 4.39 Å². The fourth-order valence-electron chi connectivity index (χ4n) is 3.90. The fourth-order valence-corrected chi connectivity index (χ4v) is 3.90. The SMILES string of the molecule is COC(=O)CCc1cc(N)c(OCCc2ccccc2F)c(-c2ccc3ccccc3c2)c1. The molecule has 0 atom stereocenters. The lowest BCUT2D eigenvalue weighted by atomic mass is 9.96. The van der Waals surface area contributed by atoms with Crippen LogP contribution >= 0.6 is 0 Å². The Balaban J connectivity index is 1.67. The van der Waals surface area contributed by atoms with Crippen LogP contribution in [0.15, 0.2) is 78.9 Å². The molecule has 168 valence electrons. The Morgan fingerprint density at radius 3 is 2.45 bits per heavy atom. The number of anilines is 1. The van der Waals surface area contributed by atoms with Crippen molar-refractivity contribution in [3.8, 4) is 16.9 Å². The van der Waals surface area contributed by atoms with E-state index in [0.717, 1.165) is 27.5 Å². The van der Waals surface area contributed by atoms with E-state index in [1.165, 1.54) is 13.2 Å². The summed E-state index contributed by atoms with van der Waals surface area (Å²) in [6.45, 7) is 0.285. The van der Waals surface area contributed by atoms with Gasteiger partial charge in [0.25, 0.3) is 0 Å². The molecule has 0 aliphatic carbocycles. The van der Waals surface area contributed by atoms with E-state index in [4.69, 9.17) is 15.2 Å². The molecule has 0 bridgehead atoms. The van der Waals surface area contributed by atoms with Crippen molar-refractivity contribution in [2.75, 3.05) is 19.5 Å². The Labute approximate surface area is 192 Å². The molecule has 0 aliphatic rings. The van der Waals surface area contributed by atoms with Crippen molar-refractivity contribution in [1.82, 2.24) is 0 Å². The zero-order valence-electron chi connectivity index (χ0n) is 18.5. The third-order valence-corrected chi connectivity index (χ3v) is 5.66. The number of methoxy groups -OCH3 is 1. The molecule has 0 aromatic heterocycles. The summed E-state index contributed by atoms with van der Waals surface area (Å²) >= 11 is 0. The Morgan fingerprint density at radius 2 is 1.67 bits per heavy atom. The van der Waals surface area contributed by atoms with Crippen molar-refractivity contribution < 1.29 is 18.7 Å². The van der Waals surface area contributed by atoms with E-state index in [1.54, 1.807) is 12.1 Å². The summed E-state index contributed by atoms with van der Waals surface area (Å²) in [4.78, 5) is 11.6.